The highest BCUT2D eigenvalue weighted by atomic mass is 32.2. The smallest absolute Gasteiger partial charge is 0.178 e. The summed E-state index contributed by atoms with van der Waals surface area (Å²) < 4.78 is 24.0. The SMILES string of the molecule is CCCCCCCCNCCCS(=O)(=O)c1ccncc1. The van der Waals surface area contributed by atoms with Gasteiger partial charge in [0, 0.05) is 12.4 Å². The van der Waals surface area contributed by atoms with Crippen LogP contribution in [0.15, 0.2) is 29.4 Å². The summed E-state index contributed by atoms with van der Waals surface area (Å²) in [6.45, 7) is 3.97. The van der Waals surface area contributed by atoms with Crippen molar-refractivity contribution < 1.29 is 8.42 Å². The number of sulfone groups is 1. The highest BCUT2D eigenvalue weighted by Crippen LogP contribution is 2.09. The fourth-order valence-corrected chi connectivity index (χ4v) is 3.50. The Labute approximate surface area is 129 Å². The van der Waals surface area contributed by atoms with Crippen molar-refractivity contribution in [3.63, 3.8) is 0 Å². The molecular formula is C16H28N2O2S. The molecule has 5 heteroatoms. The first kappa shape index (κ1) is 18.1. The molecule has 0 spiro atoms. The molecule has 0 aliphatic carbocycles. The number of unbranched alkanes of at least 4 members (excludes halogenated alkanes) is 5. The Balaban J connectivity index is 2.04. The van der Waals surface area contributed by atoms with Gasteiger partial charge in [-0.15, -0.1) is 0 Å². The summed E-state index contributed by atoms with van der Waals surface area (Å²) in [6, 6.07) is 3.11. The molecule has 1 N–H and O–H groups in total. The van der Waals surface area contributed by atoms with Crippen molar-refractivity contribution in [1.82, 2.24) is 10.3 Å². The van der Waals surface area contributed by atoms with Crippen molar-refractivity contribution in [2.75, 3.05) is 18.8 Å². The van der Waals surface area contributed by atoms with E-state index in [9.17, 15) is 8.42 Å². The Morgan fingerprint density at radius 2 is 1.57 bits per heavy atom. The Morgan fingerprint density at radius 1 is 0.952 bits per heavy atom. The van der Waals surface area contributed by atoms with Crippen LogP contribution in [0.2, 0.25) is 0 Å². The van der Waals surface area contributed by atoms with Crippen LogP contribution in [-0.2, 0) is 9.84 Å². The normalized spacial score (nSPS) is 11.7. The van der Waals surface area contributed by atoms with Gasteiger partial charge in [-0.1, -0.05) is 39.0 Å². The highest BCUT2D eigenvalue weighted by Gasteiger charge is 2.12. The van der Waals surface area contributed by atoms with Gasteiger partial charge in [-0.3, -0.25) is 4.98 Å². The van der Waals surface area contributed by atoms with Crippen molar-refractivity contribution in [3.05, 3.63) is 24.5 Å². The number of hydrogen-bond acceptors (Lipinski definition) is 4. The van der Waals surface area contributed by atoms with E-state index in [0.717, 1.165) is 13.1 Å². The van der Waals surface area contributed by atoms with Crippen LogP contribution in [0.3, 0.4) is 0 Å². The topological polar surface area (TPSA) is 59.1 Å². The molecule has 0 atom stereocenters. The zero-order valence-corrected chi connectivity index (χ0v) is 13.9. The largest absolute Gasteiger partial charge is 0.317 e. The molecule has 21 heavy (non-hydrogen) atoms. The lowest BCUT2D eigenvalue weighted by molar-refractivity contribution is 0.565. The van der Waals surface area contributed by atoms with Gasteiger partial charge in [-0.25, -0.2) is 8.42 Å². The molecule has 0 aromatic carbocycles. The highest BCUT2D eigenvalue weighted by molar-refractivity contribution is 7.91. The van der Waals surface area contributed by atoms with Gasteiger partial charge in [0.2, 0.25) is 0 Å². The second-order valence-electron chi connectivity index (χ2n) is 5.37. The summed E-state index contributed by atoms with van der Waals surface area (Å²) in [4.78, 5) is 4.21. The first-order valence-electron chi connectivity index (χ1n) is 8.00. The molecule has 0 aliphatic heterocycles. The lowest BCUT2D eigenvalue weighted by Crippen LogP contribution is -2.19. The summed E-state index contributed by atoms with van der Waals surface area (Å²) in [5, 5.41) is 3.32. The number of aromatic nitrogens is 1. The quantitative estimate of drug-likeness (QED) is 0.602. The summed E-state index contributed by atoms with van der Waals surface area (Å²) in [6.07, 6.45) is 11.4. The number of nitrogens with zero attached hydrogens (tertiary/aromatic N) is 1. The molecule has 0 saturated heterocycles. The molecule has 1 aromatic heterocycles. The fraction of sp³-hybridized carbons (Fsp3) is 0.688. The van der Waals surface area contributed by atoms with Crippen molar-refractivity contribution >= 4 is 9.84 Å². The molecule has 0 radical (unpaired) electrons. The maximum absolute atomic E-state index is 12.0. The van der Waals surface area contributed by atoms with E-state index in [0.29, 0.717) is 11.3 Å². The standard InChI is InChI=1S/C16H28N2O2S/c1-2-3-4-5-6-7-11-17-12-8-15-21(19,20)16-9-13-18-14-10-16/h9-10,13-14,17H,2-8,11-12,15H2,1H3. The van der Waals surface area contributed by atoms with Gasteiger partial charge in [0.05, 0.1) is 10.6 Å². The van der Waals surface area contributed by atoms with Crippen LogP contribution in [0.4, 0.5) is 0 Å². The molecule has 1 heterocycles. The molecule has 0 aliphatic rings. The van der Waals surface area contributed by atoms with E-state index in [1.807, 2.05) is 0 Å². The Hall–Kier alpha value is -0.940. The number of rotatable bonds is 12. The van der Waals surface area contributed by atoms with Gasteiger partial charge in [0.15, 0.2) is 9.84 Å². The molecule has 0 amide bonds. The number of hydrogen-bond donors (Lipinski definition) is 1. The molecule has 0 unspecified atom stereocenters. The minimum absolute atomic E-state index is 0.195. The lowest BCUT2D eigenvalue weighted by atomic mass is 10.1. The summed E-state index contributed by atoms with van der Waals surface area (Å²) in [7, 11) is -3.15. The third-order valence-corrected chi connectivity index (χ3v) is 5.30. The maximum atomic E-state index is 12.0. The van der Waals surface area contributed by atoms with E-state index < -0.39 is 9.84 Å². The van der Waals surface area contributed by atoms with Crippen LogP contribution in [0.1, 0.15) is 51.9 Å². The van der Waals surface area contributed by atoms with E-state index in [4.69, 9.17) is 0 Å². The van der Waals surface area contributed by atoms with Gasteiger partial charge >= 0.3 is 0 Å². The molecule has 1 rings (SSSR count). The first-order chi connectivity index (χ1) is 10.2. The van der Waals surface area contributed by atoms with E-state index in [1.165, 1.54) is 50.9 Å². The monoisotopic (exact) mass is 312 g/mol. The van der Waals surface area contributed by atoms with Crippen LogP contribution in [0.5, 0.6) is 0 Å². The van der Waals surface area contributed by atoms with Crippen LogP contribution in [-0.4, -0.2) is 32.2 Å². The third-order valence-electron chi connectivity index (χ3n) is 3.48. The van der Waals surface area contributed by atoms with Gasteiger partial charge in [-0.05, 0) is 38.1 Å². The van der Waals surface area contributed by atoms with E-state index >= 15 is 0 Å². The number of nitrogens with one attached hydrogen (secondary N) is 1. The molecule has 120 valence electrons. The molecule has 0 bridgehead atoms. The van der Waals surface area contributed by atoms with E-state index in [2.05, 4.69) is 17.2 Å². The van der Waals surface area contributed by atoms with Crippen LogP contribution >= 0.6 is 0 Å². The van der Waals surface area contributed by atoms with Crippen molar-refractivity contribution in [1.29, 1.82) is 0 Å². The Kier molecular flexibility index (Phi) is 9.26. The molecular weight excluding hydrogens is 284 g/mol. The predicted molar refractivity (Wildman–Crippen MR) is 87.2 cm³/mol. The zero-order chi connectivity index (χ0) is 15.4. The Morgan fingerprint density at radius 3 is 2.29 bits per heavy atom. The molecule has 1 aromatic rings. The first-order valence-corrected chi connectivity index (χ1v) is 9.65. The fourth-order valence-electron chi connectivity index (χ4n) is 2.21. The molecule has 4 nitrogen and oxygen atoms in total. The van der Waals surface area contributed by atoms with E-state index in [1.54, 1.807) is 12.1 Å². The predicted octanol–water partition coefficient (Wildman–Crippen LogP) is 3.20. The average molecular weight is 312 g/mol. The van der Waals surface area contributed by atoms with Gasteiger partial charge in [0.1, 0.15) is 0 Å². The van der Waals surface area contributed by atoms with Crippen molar-refractivity contribution in [2.24, 2.45) is 0 Å². The molecule has 0 fully saturated rings. The van der Waals surface area contributed by atoms with E-state index in [-0.39, 0.29) is 5.75 Å². The summed E-state index contributed by atoms with van der Waals surface area (Å²) in [5.41, 5.74) is 0. The third kappa shape index (κ3) is 8.17. The lowest BCUT2D eigenvalue weighted by Gasteiger charge is -2.06. The van der Waals surface area contributed by atoms with Gasteiger partial charge in [0.25, 0.3) is 0 Å². The second kappa shape index (κ2) is 10.7. The van der Waals surface area contributed by atoms with Gasteiger partial charge < -0.3 is 5.32 Å². The Bertz CT molecular complexity index is 460. The number of pyridine rings is 1. The maximum Gasteiger partial charge on any atom is 0.178 e. The van der Waals surface area contributed by atoms with Crippen LogP contribution in [0, 0.1) is 0 Å². The van der Waals surface area contributed by atoms with Crippen molar-refractivity contribution in [2.45, 2.75) is 56.8 Å². The average Bonchev–Trinajstić information content (AvgIpc) is 2.50. The van der Waals surface area contributed by atoms with Crippen LogP contribution < -0.4 is 5.32 Å². The molecule has 0 saturated carbocycles. The summed E-state index contributed by atoms with van der Waals surface area (Å²) >= 11 is 0. The van der Waals surface area contributed by atoms with Crippen molar-refractivity contribution in [3.8, 4) is 0 Å². The van der Waals surface area contributed by atoms with Crippen LogP contribution in [0.25, 0.3) is 0 Å². The summed E-state index contributed by atoms with van der Waals surface area (Å²) in [5.74, 6) is 0.195. The zero-order valence-electron chi connectivity index (χ0n) is 13.1. The minimum atomic E-state index is -3.15. The minimum Gasteiger partial charge on any atom is -0.317 e. The second-order valence-corrected chi connectivity index (χ2v) is 7.48. The van der Waals surface area contributed by atoms with Gasteiger partial charge in [-0.2, -0.15) is 0 Å².